The van der Waals surface area contributed by atoms with Gasteiger partial charge in [-0.05, 0) is 142 Å². The number of benzene rings is 13. The first-order chi connectivity index (χ1) is 36.2. The maximum absolute atomic E-state index is 2.57. The molecule has 0 fully saturated rings. The smallest absolute Gasteiger partial charge is 0.0726 e. The monoisotopic (exact) mass is 924 g/mol. The van der Waals surface area contributed by atoms with Crippen LogP contribution in [0.5, 0.6) is 0 Å². The predicted octanol–water partition coefficient (Wildman–Crippen LogP) is 18.9. The molecule has 0 atom stereocenters. The van der Waals surface area contributed by atoms with E-state index in [0.717, 1.165) is 22.7 Å². The van der Waals surface area contributed by atoms with Crippen molar-refractivity contribution in [2.75, 3.05) is 4.90 Å². The third-order valence-electron chi connectivity index (χ3n) is 16.3. The summed E-state index contributed by atoms with van der Waals surface area (Å²) in [5.41, 5.74) is 19.1. The number of anilines is 3. The van der Waals surface area contributed by atoms with Crippen LogP contribution in [0.2, 0.25) is 0 Å². The van der Waals surface area contributed by atoms with Crippen molar-refractivity contribution in [2.24, 2.45) is 0 Å². The molecule has 2 aliphatic carbocycles. The lowest BCUT2D eigenvalue weighted by Gasteiger charge is -2.33. The Morgan fingerprint density at radius 1 is 0.288 bits per heavy atom. The molecule has 0 N–H and O–H groups in total. The number of hydrogen-bond acceptors (Lipinski definition) is 1. The minimum atomic E-state index is -0.528. The van der Waals surface area contributed by atoms with E-state index in [4.69, 9.17) is 0 Å². The average molecular weight is 925 g/mol. The van der Waals surface area contributed by atoms with E-state index >= 15 is 0 Å². The summed E-state index contributed by atoms with van der Waals surface area (Å²) < 4.78 is 2.47. The van der Waals surface area contributed by atoms with E-state index in [1.807, 2.05) is 0 Å². The van der Waals surface area contributed by atoms with Crippen LogP contribution in [-0.2, 0) is 5.41 Å². The van der Waals surface area contributed by atoms with E-state index in [0.29, 0.717) is 0 Å². The van der Waals surface area contributed by atoms with E-state index < -0.39 is 5.41 Å². The molecule has 0 aliphatic heterocycles. The Hall–Kier alpha value is -9.50. The number of rotatable bonds is 5. The fourth-order valence-corrected chi connectivity index (χ4v) is 13.4. The lowest BCUT2D eigenvalue weighted by molar-refractivity contribution is 0.794. The van der Waals surface area contributed by atoms with Gasteiger partial charge in [0.2, 0.25) is 0 Å². The normalized spacial score (nSPS) is 13.0. The molecule has 338 valence electrons. The molecule has 16 rings (SSSR count). The van der Waals surface area contributed by atoms with Crippen molar-refractivity contribution in [3.63, 3.8) is 0 Å². The maximum atomic E-state index is 2.57. The van der Waals surface area contributed by atoms with Crippen LogP contribution >= 0.6 is 0 Å². The molecule has 0 radical (unpaired) electrons. The van der Waals surface area contributed by atoms with E-state index in [1.165, 1.54) is 121 Å². The summed E-state index contributed by atoms with van der Waals surface area (Å²) in [6.45, 7) is 0. The molecule has 1 heterocycles. The Balaban J connectivity index is 1.06. The number of fused-ring (bicyclic) bond motifs is 21. The van der Waals surface area contributed by atoms with Gasteiger partial charge in [0.25, 0.3) is 0 Å². The summed E-state index contributed by atoms with van der Waals surface area (Å²) in [6.07, 6.45) is 0. The van der Waals surface area contributed by atoms with Crippen LogP contribution in [-0.4, -0.2) is 4.57 Å². The van der Waals surface area contributed by atoms with Gasteiger partial charge in [0.15, 0.2) is 0 Å². The first kappa shape index (κ1) is 40.3. The van der Waals surface area contributed by atoms with Gasteiger partial charge in [0, 0.05) is 38.8 Å². The Morgan fingerprint density at radius 3 is 1.40 bits per heavy atom. The molecule has 0 unspecified atom stereocenters. The third kappa shape index (κ3) is 5.52. The van der Waals surface area contributed by atoms with Gasteiger partial charge in [-0.2, -0.15) is 0 Å². The highest BCUT2D eigenvalue weighted by molar-refractivity contribution is 6.26. The van der Waals surface area contributed by atoms with E-state index in [2.05, 4.69) is 276 Å². The minimum absolute atomic E-state index is 0.528. The Bertz CT molecular complexity index is 4540. The lowest BCUT2D eigenvalue weighted by Crippen LogP contribution is -2.26. The maximum Gasteiger partial charge on any atom is 0.0726 e. The fourth-order valence-electron chi connectivity index (χ4n) is 13.4. The molecular formula is C71H44N2. The molecule has 2 nitrogen and oxygen atoms in total. The van der Waals surface area contributed by atoms with Crippen LogP contribution < -0.4 is 4.90 Å². The highest BCUT2D eigenvalue weighted by Crippen LogP contribution is 2.64. The second kappa shape index (κ2) is 15.3. The van der Waals surface area contributed by atoms with Gasteiger partial charge >= 0.3 is 0 Å². The molecule has 14 aromatic rings. The topological polar surface area (TPSA) is 8.17 Å². The number of aromatic nitrogens is 1. The molecule has 0 amide bonds. The molecule has 0 saturated heterocycles. The predicted molar refractivity (Wildman–Crippen MR) is 307 cm³/mol. The third-order valence-corrected chi connectivity index (χ3v) is 16.3. The van der Waals surface area contributed by atoms with E-state index in [1.54, 1.807) is 0 Å². The fraction of sp³-hybridized carbons (Fsp3) is 0.0141. The Labute approximate surface area is 422 Å². The van der Waals surface area contributed by atoms with Crippen molar-refractivity contribution in [3.8, 4) is 39.1 Å². The molecule has 1 aromatic heterocycles. The summed E-state index contributed by atoms with van der Waals surface area (Å²) in [5, 5.41) is 12.4. The second-order valence-corrected chi connectivity index (χ2v) is 19.9. The van der Waals surface area contributed by atoms with Crippen molar-refractivity contribution in [3.05, 3.63) is 289 Å². The van der Waals surface area contributed by atoms with Crippen LogP contribution in [0.3, 0.4) is 0 Å². The Morgan fingerprint density at radius 2 is 0.753 bits per heavy atom. The molecule has 2 aliphatic rings. The average Bonchev–Trinajstić information content (AvgIpc) is 4.08. The zero-order valence-corrected chi connectivity index (χ0v) is 39.8. The van der Waals surface area contributed by atoms with Crippen molar-refractivity contribution < 1.29 is 0 Å². The molecule has 0 saturated carbocycles. The molecule has 73 heavy (non-hydrogen) atoms. The van der Waals surface area contributed by atoms with Crippen molar-refractivity contribution in [1.29, 1.82) is 0 Å². The van der Waals surface area contributed by atoms with Crippen LogP contribution in [0.15, 0.2) is 267 Å². The standard InChI is InChI=1S/C71H44N2/c1-3-19-45(20-4-1)60-43-63-57-29-13-17-33-66(57)71(64-31-15-11-27-55(64)56-28-12-16-32-65(56)71)67(63)44-69(60)72(49-38-40-54-52-25-8-7-23-50(52)51-24-9-10-26-53(51)62(54)42-49)48-37-35-46-36-39-59-58-30-14-18-34-68(58)73(70(59)61(46)41-48)47-21-5-2-6-22-47/h1-44H. The summed E-state index contributed by atoms with van der Waals surface area (Å²) in [6, 6.07) is 100. The summed E-state index contributed by atoms with van der Waals surface area (Å²) >= 11 is 0. The SMILES string of the molecule is c1ccc(-c2cc3c(cc2N(c2ccc4c5ccccc5c5ccccc5c4c2)c2ccc4ccc5c6ccccc6n(-c6ccccc6)c5c4c2)C2(c4ccccc4-c4ccccc42)c2ccccc2-3)cc1. The summed E-state index contributed by atoms with van der Waals surface area (Å²) in [7, 11) is 0. The summed E-state index contributed by atoms with van der Waals surface area (Å²) in [4.78, 5) is 2.57. The van der Waals surface area contributed by atoms with Crippen LogP contribution in [0, 0.1) is 0 Å². The van der Waals surface area contributed by atoms with Gasteiger partial charge in [-0.25, -0.2) is 0 Å². The van der Waals surface area contributed by atoms with E-state index in [-0.39, 0.29) is 0 Å². The van der Waals surface area contributed by atoms with Crippen molar-refractivity contribution >= 4 is 82.0 Å². The van der Waals surface area contributed by atoms with Crippen molar-refractivity contribution in [2.45, 2.75) is 5.41 Å². The lowest BCUT2D eigenvalue weighted by atomic mass is 9.70. The first-order valence-electron chi connectivity index (χ1n) is 25.4. The number of para-hydroxylation sites is 2. The molecule has 13 aromatic carbocycles. The van der Waals surface area contributed by atoms with Gasteiger partial charge in [-0.15, -0.1) is 0 Å². The largest absolute Gasteiger partial charge is 0.310 e. The van der Waals surface area contributed by atoms with Gasteiger partial charge in [0.05, 0.1) is 22.1 Å². The quantitative estimate of drug-likeness (QED) is 0.156. The summed E-state index contributed by atoms with van der Waals surface area (Å²) in [5.74, 6) is 0. The zero-order chi connectivity index (χ0) is 47.8. The Kier molecular flexibility index (Phi) is 8.41. The molecule has 1 spiro atoms. The van der Waals surface area contributed by atoms with Crippen LogP contribution in [0.25, 0.3) is 104 Å². The van der Waals surface area contributed by atoms with Gasteiger partial charge < -0.3 is 9.47 Å². The molecule has 2 heteroatoms. The number of hydrogen-bond donors (Lipinski definition) is 0. The van der Waals surface area contributed by atoms with Crippen molar-refractivity contribution in [1.82, 2.24) is 4.57 Å². The van der Waals surface area contributed by atoms with E-state index in [9.17, 15) is 0 Å². The number of nitrogens with zero attached hydrogens (tertiary/aromatic N) is 2. The first-order valence-corrected chi connectivity index (χ1v) is 25.4. The van der Waals surface area contributed by atoms with Crippen LogP contribution in [0.4, 0.5) is 17.1 Å². The van der Waals surface area contributed by atoms with Gasteiger partial charge in [-0.3, -0.25) is 0 Å². The molecular weight excluding hydrogens is 881 g/mol. The van der Waals surface area contributed by atoms with Crippen LogP contribution in [0.1, 0.15) is 22.3 Å². The van der Waals surface area contributed by atoms with Gasteiger partial charge in [-0.1, -0.05) is 212 Å². The minimum Gasteiger partial charge on any atom is -0.310 e. The van der Waals surface area contributed by atoms with Gasteiger partial charge in [0.1, 0.15) is 0 Å². The zero-order valence-electron chi connectivity index (χ0n) is 39.8. The second-order valence-electron chi connectivity index (χ2n) is 19.9. The highest BCUT2D eigenvalue weighted by atomic mass is 15.1. The highest BCUT2D eigenvalue weighted by Gasteiger charge is 2.52. The molecule has 0 bridgehead atoms.